The molecule has 2 heteroatoms. The van der Waals surface area contributed by atoms with Gasteiger partial charge < -0.3 is 4.74 Å². The molecule has 0 radical (unpaired) electrons. The van der Waals surface area contributed by atoms with Crippen molar-refractivity contribution < 1.29 is 9.53 Å². The molecular weight excluding hydrogens is 260 g/mol. The lowest BCUT2D eigenvalue weighted by molar-refractivity contribution is -0.179. The van der Waals surface area contributed by atoms with E-state index in [1.165, 1.54) is 19.3 Å². The van der Waals surface area contributed by atoms with Crippen LogP contribution in [-0.2, 0) is 9.53 Å². The first-order valence-electron chi connectivity index (χ1n) is 8.87. The van der Waals surface area contributed by atoms with Gasteiger partial charge in [0.1, 0.15) is 5.60 Å². The van der Waals surface area contributed by atoms with Crippen molar-refractivity contribution in [2.45, 2.75) is 79.2 Å². The van der Waals surface area contributed by atoms with Gasteiger partial charge in [-0.15, -0.1) is 0 Å². The van der Waals surface area contributed by atoms with Crippen LogP contribution in [-0.4, -0.2) is 11.6 Å². The number of carbonyl (C=O) groups is 1. The zero-order valence-corrected chi connectivity index (χ0v) is 14.7. The maximum atomic E-state index is 12.6. The third kappa shape index (κ3) is 2.00. The van der Waals surface area contributed by atoms with E-state index in [9.17, 15) is 4.79 Å². The molecule has 0 aromatic carbocycles. The van der Waals surface area contributed by atoms with Gasteiger partial charge in [-0.3, -0.25) is 4.79 Å². The van der Waals surface area contributed by atoms with Crippen LogP contribution < -0.4 is 0 Å². The number of fused-ring (bicyclic) bond motifs is 5. The van der Waals surface area contributed by atoms with E-state index in [1.807, 2.05) is 13.8 Å². The number of carbonyl (C=O) groups excluding carboxylic acids is 1. The fourth-order valence-corrected chi connectivity index (χ4v) is 6.08. The largest absolute Gasteiger partial charge is 0.459 e. The molecule has 3 aliphatic carbocycles. The van der Waals surface area contributed by atoms with Crippen LogP contribution in [0.25, 0.3) is 0 Å². The molecule has 0 saturated heterocycles. The zero-order valence-electron chi connectivity index (χ0n) is 14.7. The van der Waals surface area contributed by atoms with Gasteiger partial charge >= 0.3 is 5.97 Å². The summed E-state index contributed by atoms with van der Waals surface area (Å²) in [5.41, 5.74) is -0.256. The molecule has 0 aromatic rings. The van der Waals surface area contributed by atoms with Gasteiger partial charge in [0.25, 0.3) is 0 Å². The van der Waals surface area contributed by atoms with Gasteiger partial charge in [0.15, 0.2) is 0 Å². The van der Waals surface area contributed by atoms with Gasteiger partial charge in [0, 0.05) is 5.92 Å². The standard InChI is InChI=1S/C19H32O2/c1-7-17(2,3)16(20)21-19(6)11-14-12-9-8-10-13(12)15(19)18(14,4)5/h12-15H,7-11H2,1-6H3. The molecule has 2 bridgehead atoms. The molecule has 5 unspecified atom stereocenters. The Morgan fingerprint density at radius 1 is 1.19 bits per heavy atom. The van der Waals surface area contributed by atoms with E-state index in [2.05, 4.69) is 27.7 Å². The number of esters is 1. The monoisotopic (exact) mass is 292 g/mol. The summed E-state index contributed by atoms with van der Waals surface area (Å²) in [4.78, 5) is 12.6. The molecule has 21 heavy (non-hydrogen) atoms. The Bertz CT molecular complexity index is 450. The van der Waals surface area contributed by atoms with Crippen molar-refractivity contribution in [2.75, 3.05) is 0 Å². The summed E-state index contributed by atoms with van der Waals surface area (Å²) in [6.45, 7) is 13.2. The Morgan fingerprint density at radius 3 is 2.43 bits per heavy atom. The second-order valence-corrected chi connectivity index (χ2v) is 9.31. The molecule has 3 aliphatic rings. The number of rotatable bonds is 3. The minimum Gasteiger partial charge on any atom is -0.459 e. The van der Waals surface area contributed by atoms with Gasteiger partial charge in [-0.05, 0) is 69.6 Å². The molecule has 0 aliphatic heterocycles. The molecule has 0 aromatic heterocycles. The topological polar surface area (TPSA) is 26.3 Å². The number of hydrogen-bond acceptors (Lipinski definition) is 2. The van der Waals surface area contributed by atoms with Gasteiger partial charge in [-0.1, -0.05) is 27.2 Å². The molecule has 2 nitrogen and oxygen atoms in total. The van der Waals surface area contributed by atoms with E-state index >= 15 is 0 Å². The third-order valence-electron chi connectivity index (χ3n) is 7.37. The van der Waals surface area contributed by atoms with Crippen LogP contribution in [0.1, 0.15) is 73.6 Å². The van der Waals surface area contributed by atoms with E-state index in [0.717, 1.165) is 30.6 Å². The van der Waals surface area contributed by atoms with Crippen molar-refractivity contribution in [3.8, 4) is 0 Å². The SMILES string of the molecule is CCC(C)(C)C(=O)OC1(C)CC2C3CCCC3C1C2(C)C. The molecule has 3 saturated carbocycles. The van der Waals surface area contributed by atoms with Crippen molar-refractivity contribution in [2.24, 2.45) is 34.5 Å². The molecule has 0 heterocycles. The van der Waals surface area contributed by atoms with Crippen molar-refractivity contribution in [3.63, 3.8) is 0 Å². The van der Waals surface area contributed by atoms with Crippen molar-refractivity contribution in [3.05, 3.63) is 0 Å². The molecular formula is C19H32O2. The van der Waals surface area contributed by atoms with E-state index < -0.39 is 0 Å². The fraction of sp³-hybridized carbons (Fsp3) is 0.947. The first-order chi connectivity index (χ1) is 9.63. The van der Waals surface area contributed by atoms with Crippen LogP contribution in [0.2, 0.25) is 0 Å². The highest BCUT2D eigenvalue weighted by molar-refractivity contribution is 5.76. The molecule has 0 N–H and O–H groups in total. The second kappa shape index (κ2) is 4.49. The molecule has 120 valence electrons. The maximum absolute atomic E-state index is 12.6. The Labute approximate surface area is 130 Å². The van der Waals surface area contributed by atoms with Gasteiger partial charge in [-0.2, -0.15) is 0 Å². The van der Waals surface area contributed by atoms with E-state index in [0.29, 0.717) is 11.3 Å². The van der Waals surface area contributed by atoms with Gasteiger partial charge in [-0.25, -0.2) is 0 Å². The quantitative estimate of drug-likeness (QED) is 0.697. The average Bonchev–Trinajstić information content (AvgIpc) is 2.96. The first kappa shape index (κ1) is 15.4. The molecule has 5 atom stereocenters. The predicted octanol–water partition coefficient (Wildman–Crippen LogP) is 4.82. The van der Waals surface area contributed by atoms with Crippen LogP contribution in [0.5, 0.6) is 0 Å². The lowest BCUT2D eigenvalue weighted by Crippen LogP contribution is -2.46. The minimum atomic E-state index is -0.357. The van der Waals surface area contributed by atoms with Gasteiger partial charge in [0.05, 0.1) is 5.41 Å². The summed E-state index contributed by atoms with van der Waals surface area (Å²) in [7, 11) is 0. The first-order valence-corrected chi connectivity index (χ1v) is 8.87. The minimum absolute atomic E-state index is 0.00500. The second-order valence-electron chi connectivity index (χ2n) is 9.31. The smallest absolute Gasteiger partial charge is 0.312 e. The summed E-state index contributed by atoms with van der Waals surface area (Å²) in [6.07, 6.45) is 6.05. The summed E-state index contributed by atoms with van der Waals surface area (Å²) in [6, 6.07) is 0. The Kier molecular flexibility index (Phi) is 3.28. The van der Waals surface area contributed by atoms with Crippen LogP contribution in [0.15, 0.2) is 0 Å². The lowest BCUT2D eigenvalue weighted by Gasteiger charge is -2.42. The number of hydrogen-bond donors (Lipinski definition) is 0. The number of ether oxygens (including phenoxy) is 1. The Balaban J connectivity index is 1.85. The highest BCUT2D eigenvalue weighted by atomic mass is 16.6. The summed E-state index contributed by atoms with van der Waals surface area (Å²) < 4.78 is 6.19. The van der Waals surface area contributed by atoms with Crippen molar-refractivity contribution in [1.82, 2.24) is 0 Å². The van der Waals surface area contributed by atoms with Crippen LogP contribution >= 0.6 is 0 Å². The summed E-state index contributed by atoms with van der Waals surface area (Å²) in [5.74, 6) is 3.00. The van der Waals surface area contributed by atoms with Crippen LogP contribution in [0.3, 0.4) is 0 Å². The highest BCUT2D eigenvalue weighted by Gasteiger charge is 2.69. The third-order valence-corrected chi connectivity index (χ3v) is 7.37. The average molecular weight is 292 g/mol. The molecule has 3 rings (SSSR count). The van der Waals surface area contributed by atoms with Crippen molar-refractivity contribution in [1.29, 1.82) is 0 Å². The maximum Gasteiger partial charge on any atom is 0.312 e. The Hall–Kier alpha value is -0.530. The summed E-state index contributed by atoms with van der Waals surface area (Å²) >= 11 is 0. The molecule has 0 spiro atoms. The molecule has 3 fully saturated rings. The fourth-order valence-electron chi connectivity index (χ4n) is 6.08. The van der Waals surface area contributed by atoms with E-state index in [-0.39, 0.29) is 17.0 Å². The Morgan fingerprint density at radius 2 is 1.81 bits per heavy atom. The van der Waals surface area contributed by atoms with Crippen LogP contribution in [0, 0.1) is 34.5 Å². The van der Waals surface area contributed by atoms with E-state index in [1.54, 1.807) is 0 Å². The molecule has 0 amide bonds. The lowest BCUT2D eigenvalue weighted by atomic mass is 9.72. The van der Waals surface area contributed by atoms with Gasteiger partial charge in [0.2, 0.25) is 0 Å². The summed E-state index contributed by atoms with van der Waals surface area (Å²) in [5, 5.41) is 0. The van der Waals surface area contributed by atoms with Crippen LogP contribution in [0.4, 0.5) is 0 Å². The van der Waals surface area contributed by atoms with Crippen molar-refractivity contribution >= 4 is 5.97 Å². The predicted molar refractivity (Wildman–Crippen MR) is 84.8 cm³/mol. The normalized spacial score (nSPS) is 43.9. The van der Waals surface area contributed by atoms with E-state index in [4.69, 9.17) is 4.74 Å². The highest BCUT2D eigenvalue weighted by Crippen LogP contribution is 2.71. The zero-order chi connectivity index (χ0) is 15.6.